The van der Waals surface area contributed by atoms with E-state index in [9.17, 15) is 15.2 Å². The number of rotatable bonds is 2. The summed E-state index contributed by atoms with van der Waals surface area (Å²) < 4.78 is 0. The third-order valence-electron chi connectivity index (χ3n) is 5.25. The number of hydrogen-bond acceptors (Lipinski definition) is 4. The van der Waals surface area contributed by atoms with E-state index in [2.05, 4.69) is 49.0 Å². The van der Waals surface area contributed by atoms with Crippen LogP contribution in [0.25, 0.3) is 10.9 Å². The van der Waals surface area contributed by atoms with Crippen LogP contribution in [0.4, 0.5) is 10.5 Å². The molecule has 1 fully saturated rings. The minimum Gasteiger partial charge on any atom is -0.465 e. The van der Waals surface area contributed by atoms with Crippen LogP contribution in [0.1, 0.15) is 39.7 Å². The molecule has 2 N–H and O–H groups in total. The van der Waals surface area contributed by atoms with Gasteiger partial charge in [0.15, 0.2) is 0 Å². The summed E-state index contributed by atoms with van der Waals surface area (Å²) in [5.41, 5.74) is 2.09. The standard InChI is InChI=1S/C21H26N4O2/c1-13-10-16(24-20(26)27)19(21(2,3)4)25(12-13)17-8-7-14(11-22)18-15(17)6-5-9-23-18/h5-9,13,16,19,24H,10,12H2,1-4H3,(H,26,27)/t13-,16+,19?/m0/s1. The van der Waals surface area contributed by atoms with Crippen LogP contribution in [-0.4, -0.2) is 34.8 Å². The highest BCUT2D eigenvalue weighted by Gasteiger charge is 2.42. The lowest BCUT2D eigenvalue weighted by Gasteiger charge is -2.51. The number of aromatic nitrogens is 1. The minimum atomic E-state index is -0.991. The number of amides is 1. The van der Waals surface area contributed by atoms with Gasteiger partial charge in [-0.3, -0.25) is 4.98 Å². The maximum atomic E-state index is 11.4. The summed E-state index contributed by atoms with van der Waals surface area (Å²) in [4.78, 5) is 18.1. The van der Waals surface area contributed by atoms with Crippen molar-refractivity contribution in [3.8, 4) is 6.07 Å². The second-order valence-electron chi connectivity index (χ2n) is 8.50. The molecule has 1 saturated heterocycles. The fourth-order valence-electron chi connectivity index (χ4n) is 4.42. The Morgan fingerprint density at radius 3 is 2.74 bits per heavy atom. The zero-order valence-corrected chi connectivity index (χ0v) is 16.2. The van der Waals surface area contributed by atoms with Crippen LogP contribution >= 0.6 is 0 Å². The van der Waals surface area contributed by atoms with E-state index in [0.29, 0.717) is 17.0 Å². The molecule has 0 aliphatic carbocycles. The molecule has 2 aromatic rings. The van der Waals surface area contributed by atoms with Gasteiger partial charge in [0, 0.05) is 23.8 Å². The highest BCUT2D eigenvalue weighted by atomic mass is 16.4. The number of piperidine rings is 1. The predicted molar refractivity (Wildman–Crippen MR) is 106 cm³/mol. The lowest BCUT2D eigenvalue weighted by Crippen LogP contribution is -2.62. The number of pyridine rings is 1. The summed E-state index contributed by atoms with van der Waals surface area (Å²) in [5.74, 6) is 0.336. The molecule has 2 heterocycles. The quantitative estimate of drug-likeness (QED) is 0.838. The van der Waals surface area contributed by atoms with Crippen molar-refractivity contribution in [1.82, 2.24) is 10.3 Å². The second-order valence-corrected chi connectivity index (χ2v) is 8.50. The van der Waals surface area contributed by atoms with Gasteiger partial charge < -0.3 is 15.3 Å². The van der Waals surface area contributed by atoms with Gasteiger partial charge in [-0.25, -0.2) is 4.79 Å². The predicted octanol–water partition coefficient (Wildman–Crippen LogP) is 4.00. The normalized spacial score (nSPS) is 23.1. The van der Waals surface area contributed by atoms with Crippen LogP contribution in [-0.2, 0) is 0 Å². The molecule has 1 unspecified atom stereocenters. The number of nitriles is 1. The molecule has 0 bridgehead atoms. The van der Waals surface area contributed by atoms with Crippen molar-refractivity contribution in [1.29, 1.82) is 5.26 Å². The fourth-order valence-corrected chi connectivity index (χ4v) is 4.42. The van der Waals surface area contributed by atoms with Crippen molar-refractivity contribution in [2.24, 2.45) is 11.3 Å². The molecule has 1 amide bonds. The Hall–Kier alpha value is -2.81. The first kappa shape index (κ1) is 19.0. The number of carboxylic acid groups (broad SMARTS) is 1. The molecule has 1 aliphatic heterocycles. The van der Waals surface area contributed by atoms with E-state index in [1.807, 2.05) is 24.3 Å². The summed E-state index contributed by atoms with van der Waals surface area (Å²) in [5, 5.41) is 22.5. The van der Waals surface area contributed by atoms with E-state index < -0.39 is 6.09 Å². The maximum Gasteiger partial charge on any atom is 0.404 e. The molecule has 27 heavy (non-hydrogen) atoms. The van der Waals surface area contributed by atoms with Gasteiger partial charge in [-0.2, -0.15) is 5.26 Å². The van der Waals surface area contributed by atoms with Crippen molar-refractivity contribution >= 4 is 22.7 Å². The molecule has 1 aromatic heterocycles. The Bertz CT molecular complexity index is 897. The molecule has 3 rings (SSSR count). The van der Waals surface area contributed by atoms with Crippen molar-refractivity contribution < 1.29 is 9.90 Å². The summed E-state index contributed by atoms with van der Waals surface area (Å²) in [6.07, 6.45) is 1.51. The second kappa shape index (κ2) is 7.07. The first-order valence-corrected chi connectivity index (χ1v) is 9.26. The highest BCUT2D eigenvalue weighted by Crippen LogP contribution is 2.40. The van der Waals surface area contributed by atoms with Gasteiger partial charge in [0.05, 0.1) is 23.2 Å². The first-order valence-electron chi connectivity index (χ1n) is 9.26. The molecule has 142 valence electrons. The minimum absolute atomic E-state index is 0.0128. The lowest BCUT2D eigenvalue weighted by molar-refractivity contribution is 0.156. The Morgan fingerprint density at radius 1 is 1.37 bits per heavy atom. The van der Waals surface area contributed by atoms with Gasteiger partial charge in [-0.1, -0.05) is 27.7 Å². The van der Waals surface area contributed by atoms with Crippen LogP contribution < -0.4 is 10.2 Å². The summed E-state index contributed by atoms with van der Waals surface area (Å²) >= 11 is 0. The largest absolute Gasteiger partial charge is 0.465 e. The third kappa shape index (κ3) is 3.68. The molecule has 0 saturated carbocycles. The molecule has 0 radical (unpaired) electrons. The van der Waals surface area contributed by atoms with Gasteiger partial charge in [-0.05, 0) is 42.0 Å². The Balaban J connectivity index is 2.17. The van der Waals surface area contributed by atoms with Gasteiger partial charge in [0.2, 0.25) is 0 Å². The van der Waals surface area contributed by atoms with Crippen molar-refractivity contribution in [3.05, 3.63) is 36.0 Å². The molecular weight excluding hydrogens is 340 g/mol. The number of nitrogens with one attached hydrogen (secondary N) is 1. The van der Waals surface area contributed by atoms with Crippen molar-refractivity contribution in [2.45, 2.75) is 46.2 Å². The Kier molecular flexibility index (Phi) is 4.97. The van der Waals surface area contributed by atoms with E-state index in [1.165, 1.54) is 0 Å². The van der Waals surface area contributed by atoms with E-state index in [-0.39, 0.29) is 17.5 Å². The van der Waals surface area contributed by atoms with Gasteiger partial charge >= 0.3 is 6.09 Å². The molecule has 1 aliphatic rings. The average Bonchev–Trinajstić information content (AvgIpc) is 2.58. The SMILES string of the molecule is C[C@H]1C[C@@H](NC(=O)O)C(C(C)(C)C)N(c2ccc(C#N)c3ncccc23)C1. The average molecular weight is 366 g/mol. The van der Waals surface area contributed by atoms with Crippen LogP contribution in [0, 0.1) is 22.7 Å². The number of hydrogen-bond donors (Lipinski definition) is 2. The zero-order valence-electron chi connectivity index (χ0n) is 16.2. The van der Waals surface area contributed by atoms with E-state index in [1.54, 1.807) is 6.20 Å². The van der Waals surface area contributed by atoms with Gasteiger partial charge in [0.25, 0.3) is 0 Å². The molecule has 0 spiro atoms. The zero-order chi connectivity index (χ0) is 19.8. The highest BCUT2D eigenvalue weighted by molar-refractivity contribution is 5.95. The van der Waals surface area contributed by atoms with E-state index in [0.717, 1.165) is 24.0 Å². The number of nitrogens with zero attached hydrogens (tertiary/aromatic N) is 3. The molecule has 6 nitrogen and oxygen atoms in total. The first-order chi connectivity index (χ1) is 12.7. The summed E-state index contributed by atoms with van der Waals surface area (Å²) in [7, 11) is 0. The summed E-state index contributed by atoms with van der Waals surface area (Å²) in [6, 6.07) is 9.66. The fraction of sp³-hybridized carbons (Fsp3) is 0.476. The molecular formula is C21H26N4O2. The van der Waals surface area contributed by atoms with Crippen LogP contribution in [0.15, 0.2) is 30.5 Å². The molecule has 1 aromatic carbocycles. The maximum absolute atomic E-state index is 11.4. The number of carbonyl (C=O) groups is 1. The van der Waals surface area contributed by atoms with Gasteiger partial charge in [0.1, 0.15) is 6.07 Å². The number of anilines is 1. The Morgan fingerprint density at radius 2 is 2.11 bits per heavy atom. The smallest absolute Gasteiger partial charge is 0.404 e. The lowest BCUT2D eigenvalue weighted by atomic mass is 9.75. The van der Waals surface area contributed by atoms with Gasteiger partial charge in [-0.15, -0.1) is 0 Å². The van der Waals surface area contributed by atoms with Crippen LogP contribution in [0.2, 0.25) is 0 Å². The van der Waals surface area contributed by atoms with E-state index >= 15 is 0 Å². The topological polar surface area (TPSA) is 89.2 Å². The van der Waals surface area contributed by atoms with Crippen molar-refractivity contribution in [3.63, 3.8) is 0 Å². The van der Waals surface area contributed by atoms with Crippen molar-refractivity contribution in [2.75, 3.05) is 11.4 Å². The Labute approximate surface area is 159 Å². The molecule has 6 heteroatoms. The third-order valence-corrected chi connectivity index (χ3v) is 5.25. The monoisotopic (exact) mass is 366 g/mol. The molecule has 3 atom stereocenters. The summed E-state index contributed by atoms with van der Waals surface area (Å²) in [6.45, 7) is 9.39. The van der Waals surface area contributed by atoms with Crippen LogP contribution in [0.5, 0.6) is 0 Å². The number of benzene rings is 1. The van der Waals surface area contributed by atoms with E-state index in [4.69, 9.17) is 0 Å². The van der Waals surface area contributed by atoms with Crippen LogP contribution in [0.3, 0.4) is 0 Å². The number of fused-ring (bicyclic) bond motifs is 1.